The highest BCUT2D eigenvalue weighted by molar-refractivity contribution is 5.76. The second kappa shape index (κ2) is 8.85. The van der Waals surface area contributed by atoms with Gasteiger partial charge in [-0.3, -0.25) is 4.79 Å². The summed E-state index contributed by atoms with van der Waals surface area (Å²) >= 11 is 0. The molecule has 0 bridgehead atoms. The van der Waals surface area contributed by atoms with Crippen molar-refractivity contribution in [3.05, 3.63) is 35.9 Å². The summed E-state index contributed by atoms with van der Waals surface area (Å²) in [6.45, 7) is 9.71. The molecule has 0 heterocycles. The summed E-state index contributed by atoms with van der Waals surface area (Å²) in [4.78, 5) is 23.8. The molecular weight excluding hydrogens is 320 g/mol. The molecule has 1 rings (SSSR count). The van der Waals surface area contributed by atoms with E-state index in [1.54, 1.807) is 20.8 Å². The van der Waals surface area contributed by atoms with Gasteiger partial charge in [-0.05, 0) is 38.2 Å². The number of nitrogens with one attached hydrogen (secondary N) is 1. The monoisotopic (exact) mass is 350 g/mol. The van der Waals surface area contributed by atoms with E-state index in [-0.39, 0.29) is 6.61 Å². The van der Waals surface area contributed by atoms with Gasteiger partial charge in [-0.25, -0.2) is 4.79 Å². The molecule has 0 saturated carbocycles. The van der Waals surface area contributed by atoms with Gasteiger partial charge in [0.1, 0.15) is 18.2 Å². The van der Waals surface area contributed by atoms with E-state index in [2.05, 4.69) is 5.32 Å². The maximum absolute atomic E-state index is 12.2. The van der Waals surface area contributed by atoms with Crippen LogP contribution >= 0.6 is 0 Å². The number of carbonyl (C=O) groups excluding carboxylic acids is 2. The minimum absolute atomic E-state index is 0.194. The molecule has 0 aliphatic carbocycles. The average molecular weight is 350 g/mol. The molecule has 0 radical (unpaired) electrons. The predicted molar refractivity (Wildman–Crippen MR) is 96.8 cm³/mol. The molecule has 1 aromatic carbocycles. The van der Waals surface area contributed by atoms with Gasteiger partial charge in [-0.2, -0.15) is 0 Å². The zero-order chi connectivity index (χ0) is 19.1. The van der Waals surface area contributed by atoms with Gasteiger partial charge in [-0.15, -0.1) is 0 Å². The van der Waals surface area contributed by atoms with Crippen LogP contribution in [0.15, 0.2) is 30.3 Å². The topological polar surface area (TPSA) is 90.6 Å². The first-order valence-electron chi connectivity index (χ1n) is 8.44. The van der Waals surface area contributed by atoms with Gasteiger partial charge < -0.3 is 20.5 Å². The minimum Gasteiger partial charge on any atom is -0.460 e. The van der Waals surface area contributed by atoms with Crippen molar-refractivity contribution in [2.45, 2.75) is 59.3 Å². The molecule has 0 spiro atoms. The number of esters is 1. The lowest BCUT2D eigenvalue weighted by Gasteiger charge is -2.30. The molecule has 1 amide bonds. The zero-order valence-corrected chi connectivity index (χ0v) is 15.8. The van der Waals surface area contributed by atoms with Gasteiger partial charge in [0.2, 0.25) is 0 Å². The predicted octanol–water partition coefficient (Wildman–Crippen LogP) is 3.00. The van der Waals surface area contributed by atoms with Gasteiger partial charge in [0.15, 0.2) is 0 Å². The summed E-state index contributed by atoms with van der Waals surface area (Å²) in [5.41, 5.74) is 5.90. The molecule has 0 aromatic heterocycles. The van der Waals surface area contributed by atoms with Crippen molar-refractivity contribution in [2.24, 2.45) is 11.1 Å². The minimum atomic E-state index is -0.781. The third-order valence-corrected chi connectivity index (χ3v) is 3.76. The third kappa shape index (κ3) is 8.03. The van der Waals surface area contributed by atoms with Crippen LogP contribution in [-0.2, 0) is 20.9 Å². The summed E-state index contributed by atoms with van der Waals surface area (Å²) in [6, 6.07) is 8.66. The summed E-state index contributed by atoms with van der Waals surface area (Å²) in [7, 11) is 0. The first-order chi connectivity index (χ1) is 11.5. The van der Waals surface area contributed by atoms with Crippen LogP contribution < -0.4 is 11.1 Å². The first kappa shape index (κ1) is 21.0. The number of benzene rings is 1. The van der Waals surface area contributed by atoms with Crippen molar-refractivity contribution in [3.8, 4) is 0 Å². The van der Waals surface area contributed by atoms with Crippen LogP contribution in [0.1, 0.15) is 46.6 Å². The lowest BCUT2D eigenvalue weighted by Crippen LogP contribution is -2.46. The Balaban J connectivity index is 2.42. The fourth-order valence-corrected chi connectivity index (χ4v) is 2.09. The number of hydrogen-bond donors (Lipinski definition) is 2. The molecule has 6 nitrogen and oxygen atoms in total. The third-order valence-electron chi connectivity index (χ3n) is 3.76. The van der Waals surface area contributed by atoms with Crippen molar-refractivity contribution in [2.75, 3.05) is 6.54 Å². The summed E-state index contributed by atoms with van der Waals surface area (Å²) in [6.07, 6.45) is 0.0388. The number of hydrogen-bond acceptors (Lipinski definition) is 5. The van der Waals surface area contributed by atoms with Gasteiger partial charge >= 0.3 is 12.1 Å². The fourth-order valence-electron chi connectivity index (χ4n) is 2.09. The standard InChI is InChI=1S/C19H30N2O4/c1-18(2,3)25-17(23)21-12-11-19(4,5)15(20)16(22)24-13-14-9-7-6-8-10-14/h6-10,15H,11-13,20H2,1-5H3,(H,21,23). The molecule has 140 valence electrons. The number of ether oxygens (including phenoxy) is 2. The van der Waals surface area contributed by atoms with Crippen LogP contribution in [0.3, 0.4) is 0 Å². The maximum atomic E-state index is 12.2. The molecule has 0 saturated heterocycles. The lowest BCUT2D eigenvalue weighted by atomic mass is 9.81. The molecule has 1 aromatic rings. The highest BCUT2D eigenvalue weighted by Gasteiger charge is 2.33. The normalized spacial score (nSPS) is 13.0. The zero-order valence-electron chi connectivity index (χ0n) is 15.8. The number of alkyl carbamates (subject to hydrolysis) is 1. The Morgan fingerprint density at radius 3 is 2.28 bits per heavy atom. The Labute approximate surface area is 150 Å². The van der Waals surface area contributed by atoms with E-state index in [0.29, 0.717) is 13.0 Å². The summed E-state index contributed by atoms with van der Waals surface area (Å²) in [5.74, 6) is -0.453. The Morgan fingerprint density at radius 2 is 1.72 bits per heavy atom. The van der Waals surface area contributed by atoms with Gasteiger partial charge in [0.05, 0.1) is 0 Å². The highest BCUT2D eigenvalue weighted by Crippen LogP contribution is 2.24. The maximum Gasteiger partial charge on any atom is 0.407 e. The van der Waals surface area contributed by atoms with Gasteiger partial charge in [0, 0.05) is 6.54 Å². The van der Waals surface area contributed by atoms with E-state index in [0.717, 1.165) is 5.56 Å². The molecule has 0 fully saturated rings. The van der Waals surface area contributed by atoms with E-state index in [1.165, 1.54) is 0 Å². The number of rotatable bonds is 7. The molecule has 1 atom stereocenters. The molecule has 6 heteroatoms. The van der Waals surface area contributed by atoms with Crippen molar-refractivity contribution in [1.82, 2.24) is 5.32 Å². The van der Waals surface area contributed by atoms with Gasteiger partial charge in [-0.1, -0.05) is 44.2 Å². The summed E-state index contributed by atoms with van der Waals surface area (Å²) in [5, 5.41) is 2.68. The largest absolute Gasteiger partial charge is 0.460 e. The average Bonchev–Trinajstić information content (AvgIpc) is 2.51. The van der Waals surface area contributed by atoms with E-state index >= 15 is 0 Å². The van der Waals surface area contributed by atoms with Crippen LogP contribution in [0.4, 0.5) is 4.79 Å². The van der Waals surface area contributed by atoms with E-state index < -0.39 is 29.1 Å². The Hall–Kier alpha value is -2.08. The van der Waals surface area contributed by atoms with Crippen LogP contribution in [0.25, 0.3) is 0 Å². The number of carbonyl (C=O) groups is 2. The molecule has 25 heavy (non-hydrogen) atoms. The second-order valence-corrected chi connectivity index (χ2v) is 7.74. The first-order valence-corrected chi connectivity index (χ1v) is 8.44. The van der Waals surface area contributed by atoms with Crippen molar-refractivity contribution >= 4 is 12.1 Å². The number of nitrogens with two attached hydrogens (primary N) is 1. The second-order valence-electron chi connectivity index (χ2n) is 7.74. The molecule has 0 aliphatic rings. The van der Waals surface area contributed by atoms with Crippen LogP contribution in [-0.4, -0.2) is 30.3 Å². The Morgan fingerprint density at radius 1 is 1.12 bits per heavy atom. The molecule has 0 aliphatic heterocycles. The Bertz CT molecular complexity index is 565. The molecular formula is C19H30N2O4. The van der Waals surface area contributed by atoms with Crippen LogP contribution in [0, 0.1) is 5.41 Å². The van der Waals surface area contributed by atoms with E-state index in [9.17, 15) is 9.59 Å². The number of amides is 1. The van der Waals surface area contributed by atoms with E-state index in [1.807, 2.05) is 44.2 Å². The molecule has 1 unspecified atom stereocenters. The van der Waals surface area contributed by atoms with E-state index in [4.69, 9.17) is 15.2 Å². The van der Waals surface area contributed by atoms with Crippen LogP contribution in [0.2, 0.25) is 0 Å². The lowest BCUT2D eigenvalue weighted by molar-refractivity contribution is -0.149. The highest BCUT2D eigenvalue weighted by atomic mass is 16.6. The Kier molecular flexibility index (Phi) is 7.42. The molecule has 3 N–H and O–H groups in total. The van der Waals surface area contributed by atoms with Crippen molar-refractivity contribution < 1.29 is 19.1 Å². The summed E-state index contributed by atoms with van der Waals surface area (Å²) < 4.78 is 10.5. The SMILES string of the molecule is CC(C)(C)OC(=O)NCCC(C)(C)C(N)C(=O)OCc1ccccc1. The van der Waals surface area contributed by atoms with Crippen molar-refractivity contribution in [3.63, 3.8) is 0 Å². The smallest absolute Gasteiger partial charge is 0.407 e. The quantitative estimate of drug-likeness (QED) is 0.738. The van der Waals surface area contributed by atoms with Crippen molar-refractivity contribution in [1.29, 1.82) is 0 Å². The van der Waals surface area contributed by atoms with Crippen LogP contribution in [0.5, 0.6) is 0 Å². The van der Waals surface area contributed by atoms with Gasteiger partial charge in [0.25, 0.3) is 0 Å². The fraction of sp³-hybridized carbons (Fsp3) is 0.579.